The van der Waals surface area contributed by atoms with Crippen molar-refractivity contribution in [2.24, 2.45) is 5.92 Å². The summed E-state index contributed by atoms with van der Waals surface area (Å²) in [5, 5.41) is 3.20. The summed E-state index contributed by atoms with van der Waals surface area (Å²) in [5.41, 5.74) is 2.37. The summed E-state index contributed by atoms with van der Waals surface area (Å²) in [5.74, 6) is 0.609. The van der Waals surface area contributed by atoms with Crippen molar-refractivity contribution in [1.29, 1.82) is 0 Å². The van der Waals surface area contributed by atoms with Crippen LogP contribution >= 0.6 is 0 Å². The highest BCUT2D eigenvalue weighted by Crippen LogP contribution is 2.22. The van der Waals surface area contributed by atoms with Gasteiger partial charge in [-0.05, 0) is 36.1 Å². The van der Waals surface area contributed by atoms with Gasteiger partial charge in [0, 0.05) is 45.2 Å². The van der Waals surface area contributed by atoms with Crippen molar-refractivity contribution in [2.45, 2.75) is 38.4 Å². The molecular weight excluding hydrogens is 390 g/mol. The highest BCUT2D eigenvalue weighted by molar-refractivity contribution is 5.89. The Kier molecular flexibility index (Phi) is 6.87. The van der Waals surface area contributed by atoms with Gasteiger partial charge in [-0.2, -0.15) is 0 Å². The fourth-order valence-corrected chi connectivity index (χ4v) is 4.45. The zero-order chi connectivity index (χ0) is 21.6. The second-order valence-corrected chi connectivity index (χ2v) is 8.57. The highest BCUT2D eigenvalue weighted by atomic mass is 16.5. The largest absolute Gasteiger partial charge is 0.497 e. The molecule has 164 valence electrons. The molecule has 1 atom stereocenters. The predicted octanol–water partition coefficient (Wildman–Crippen LogP) is 2.82. The number of methoxy groups -OCH3 is 1. The molecule has 2 aliphatic heterocycles. The second kappa shape index (κ2) is 9.96. The zero-order valence-corrected chi connectivity index (χ0v) is 18.1. The van der Waals surface area contributed by atoms with Crippen LogP contribution in [-0.4, -0.2) is 54.4 Å². The van der Waals surface area contributed by atoms with E-state index in [1.165, 1.54) is 5.56 Å². The Hall–Kier alpha value is -2.86. The molecule has 2 amide bonds. The molecule has 2 heterocycles. The van der Waals surface area contributed by atoms with E-state index in [1.807, 2.05) is 30.3 Å². The van der Waals surface area contributed by atoms with Crippen molar-refractivity contribution >= 4 is 11.8 Å². The van der Waals surface area contributed by atoms with Gasteiger partial charge in [-0.15, -0.1) is 0 Å². The second-order valence-electron chi connectivity index (χ2n) is 8.57. The first-order valence-electron chi connectivity index (χ1n) is 11.1. The molecule has 2 fully saturated rings. The van der Waals surface area contributed by atoms with Gasteiger partial charge in [0.05, 0.1) is 13.0 Å². The van der Waals surface area contributed by atoms with Crippen molar-refractivity contribution in [2.75, 3.05) is 26.7 Å². The fourth-order valence-electron chi connectivity index (χ4n) is 4.45. The molecular formula is C25H31N3O3. The van der Waals surface area contributed by atoms with E-state index in [2.05, 4.69) is 34.5 Å². The monoisotopic (exact) mass is 421 g/mol. The maximum absolute atomic E-state index is 12.8. The molecule has 6 heteroatoms. The molecule has 1 N–H and O–H groups in total. The van der Waals surface area contributed by atoms with Crippen LogP contribution in [0, 0.1) is 5.92 Å². The van der Waals surface area contributed by atoms with Crippen LogP contribution in [0.2, 0.25) is 0 Å². The molecule has 2 aromatic carbocycles. The number of carbonyl (C=O) groups is 2. The number of nitrogens with one attached hydrogen (secondary N) is 1. The number of nitrogens with zero attached hydrogens (tertiary/aromatic N) is 2. The molecule has 2 aromatic rings. The molecule has 2 saturated heterocycles. The molecule has 4 rings (SSSR count). The minimum absolute atomic E-state index is 0.0205. The van der Waals surface area contributed by atoms with E-state index >= 15 is 0 Å². The van der Waals surface area contributed by atoms with Crippen LogP contribution in [0.4, 0.5) is 0 Å². The van der Waals surface area contributed by atoms with Gasteiger partial charge in [0.15, 0.2) is 0 Å². The fraction of sp³-hybridized carbons (Fsp3) is 0.440. The number of hydrogen-bond acceptors (Lipinski definition) is 4. The van der Waals surface area contributed by atoms with Crippen LogP contribution in [0.3, 0.4) is 0 Å². The van der Waals surface area contributed by atoms with Crippen molar-refractivity contribution in [3.05, 3.63) is 65.7 Å². The van der Waals surface area contributed by atoms with Gasteiger partial charge in [-0.3, -0.25) is 14.5 Å². The molecule has 0 unspecified atom stereocenters. The molecule has 0 spiro atoms. The third-order valence-corrected chi connectivity index (χ3v) is 6.30. The Balaban J connectivity index is 1.22. The Bertz CT molecular complexity index is 877. The average Bonchev–Trinajstić information content (AvgIpc) is 3.17. The lowest BCUT2D eigenvalue weighted by Gasteiger charge is -2.32. The van der Waals surface area contributed by atoms with Crippen LogP contribution in [0.15, 0.2) is 54.6 Å². The van der Waals surface area contributed by atoms with E-state index in [4.69, 9.17) is 4.74 Å². The predicted molar refractivity (Wildman–Crippen MR) is 119 cm³/mol. The zero-order valence-electron chi connectivity index (χ0n) is 18.1. The van der Waals surface area contributed by atoms with Crippen LogP contribution in [0.1, 0.15) is 30.4 Å². The topological polar surface area (TPSA) is 61.9 Å². The van der Waals surface area contributed by atoms with Crippen LogP contribution in [-0.2, 0) is 22.7 Å². The Labute approximate surface area is 184 Å². The molecule has 2 aliphatic rings. The van der Waals surface area contributed by atoms with E-state index < -0.39 is 0 Å². The van der Waals surface area contributed by atoms with Gasteiger partial charge < -0.3 is 15.0 Å². The summed E-state index contributed by atoms with van der Waals surface area (Å²) in [6.07, 6.45) is 2.21. The van der Waals surface area contributed by atoms with Gasteiger partial charge in [-0.1, -0.05) is 42.5 Å². The van der Waals surface area contributed by atoms with Gasteiger partial charge >= 0.3 is 0 Å². The minimum atomic E-state index is -0.256. The molecule has 0 radical (unpaired) electrons. The van der Waals surface area contributed by atoms with E-state index in [-0.39, 0.29) is 23.8 Å². The van der Waals surface area contributed by atoms with Gasteiger partial charge in [0.25, 0.3) is 0 Å². The standard InChI is InChI=1S/C25H31N3O3/c1-31-23-9-7-20(8-10-23)17-28-18-21(15-24(28)29)25(30)26-22-11-13-27(14-12-22)16-19-5-3-2-4-6-19/h2-10,21-22H,11-18H2,1H3,(H,26,30)/t21-/m0/s1. The van der Waals surface area contributed by atoms with Crippen molar-refractivity contribution in [3.8, 4) is 5.75 Å². The summed E-state index contributed by atoms with van der Waals surface area (Å²) < 4.78 is 5.18. The summed E-state index contributed by atoms with van der Waals surface area (Å²) in [4.78, 5) is 29.5. The molecule has 0 bridgehead atoms. The van der Waals surface area contributed by atoms with E-state index in [0.717, 1.165) is 43.8 Å². The lowest BCUT2D eigenvalue weighted by atomic mass is 10.0. The maximum atomic E-state index is 12.8. The number of ether oxygens (including phenoxy) is 1. The van der Waals surface area contributed by atoms with Crippen LogP contribution < -0.4 is 10.1 Å². The Morgan fingerprint density at radius 2 is 1.68 bits per heavy atom. The van der Waals surface area contributed by atoms with Crippen LogP contribution in [0.5, 0.6) is 5.75 Å². The van der Waals surface area contributed by atoms with Crippen molar-refractivity contribution in [3.63, 3.8) is 0 Å². The third kappa shape index (κ3) is 5.64. The summed E-state index contributed by atoms with van der Waals surface area (Å²) in [7, 11) is 1.63. The normalized spacial score (nSPS) is 20.1. The number of amides is 2. The summed E-state index contributed by atoms with van der Waals surface area (Å²) >= 11 is 0. The first kappa shape index (κ1) is 21.4. The molecule has 0 saturated carbocycles. The number of likely N-dealkylation sites (tertiary alicyclic amines) is 2. The van der Waals surface area contributed by atoms with E-state index in [0.29, 0.717) is 19.5 Å². The number of benzene rings is 2. The van der Waals surface area contributed by atoms with Gasteiger partial charge in [0.1, 0.15) is 5.75 Å². The third-order valence-electron chi connectivity index (χ3n) is 6.30. The van der Waals surface area contributed by atoms with Gasteiger partial charge in [0.2, 0.25) is 11.8 Å². The van der Waals surface area contributed by atoms with E-state index in [1.54, 1.807) is 12.0 Å². The molecule has 0 aromatic heterocycles. The Morgan fingerprint density at radius 3 is 2.35 bits per heavy atom. The summed E-state index contributed by atoms with van der Waals surface area (Å²) in [6.45, 7) is 3.94. The SMILES string of the molecule is COc1ccc(CN2C[C@@H](C(=O)NC3CCN(Cc4ccccc4)CC3)CC2=O)cc1. The maximum Gasteiger partial charge on any atom is 0.225 e. The quantitative estimate of drug-likeness (QED) is 0.747. The number of rotatable bonds is 7. The average molecular weight is 422 g/mol. The first-order chi connectivity index (χ1) is 15.1. The van der Waals surface area contributed by atoms with Crippen molar-refractivity contribution in [1.82, 2.24) is 15.1 Å². The first-order valence-corrected chi connectivity index (χ1v) is 11.1. The van der Waals surface area contributed by atoms with Crippen LogP contribution in [0.25, 0.3) is 0 Å². The smallest absolute Gasteiger partial charge is 0.225 e. The van der Waals surface area contributed by atoms with Crippen molar-refractivity contribution < 1.29 is 14.3 Å². The molecule has 31 heavy (non-hydrogen) atoms. The van der Waals surface area contributed by atoms with Gasteiger partial charge in [-0.25, -0.2) is 0 Å². The highest BCUT2D eigenvalue weighted by Gasteiger charge is 2.35. The minimum Gasteiger partial charge on any atom is -0.497 e. The summed E-state index contributed by atoms with van der Waals surface area (Å²) in [6, 6.07) is 18.4. The lowest BCUT2D eigenvalue weighted by Crippen LogP contribution is -2.46. The number of hydrogen-bond donors (Lipinski definition) is 1. The molecule has 6 nitrogen and oxygen atoms in total. The number of piperidine rings is 1. The molecule has 0 aliphatic carbocycles. The number of carbonyl (C=O) groups excluding carboxylic acids is 2. The van der Waals surface area contributed by atoms with E-state index in [9.17, 15) is 9.59 Å². The lowest BCUT2D eigenvalue weighted by molar-refractivity contribution is -0.129. The Morgan fingerprint density at radius 1 is 1.00 bits per heavy atom.